The fourth-order valence-electron chi connectivity index (χ4n) is 2.44. The molecule has 0 fully saturated rings. The molecule has 4 heteroatoms. The summed E-state index contributed by atoms with van der Waals surface area (Å²) in [5.74, 6) is 0. The number of hydrogen-bond donors (Lipinski definition) is 1. The molecule has 0 aliphatic heterocycles. The van der Waals surface area contributed by atoms with Crippen LogP contribution in [0, 0.1) is 0 Å². The summed E-state index contributed by atoms with van der Waals surface area (Å²) in [6, 6.07) is 5.18. The Bertz CT molecular complexity index is 524. The molecule has 0 amide bonds. The molecule has 0 aromatic carbocycles. The first-order chi connectivity index (χ1) is 9.63. The maximum Gasteiger partial charge on any atom is 0.0821 e. The predicted molar refractivity (Wildman–Crippen MR) is 82.9 cm³/mol. The fraction of sp³-hybridized carbons (Fsp3) is 0.562. The molecule has 0 bridgehead atoms. The first-order valence-electron chi connectivity index (χ1n) is 7.57. The van der Waals surface area contributed by atoms with E-state index in [4.69, 9.17) is 0 Å². The van der Waals surface area contributed by atoms with Gasteiger partial charge in [0.25, 0.3) is 0 Å². The van der Waals surface area contributed by atoms with Crippen molar-refractivity contribution in [2.24, 2.45) is 0 Å². The second-order valence-corrected chi connectivity index (χ2v) is 5.52. The van der Waals surface area contributed by atoms with E-state index in [1.165, 1.54) is 5.56 Å². The first-order valence-corrected chi connectivity index (χ1v) is 7.57. The molecular weight excluding hydrogens is 248 g/mol. The molecule has 0 aliphatic carbocycles. The van der Waals surface area contributed by atoms with Gasteiger partial charge in [0.2, 0.25) is 0 Å². The van der Waals surface area contributed by atoms with Crippen molar-refractivity contribution in [3.63, 3.8) is 0 Å². The van der Waals surface area contributed by atoms with Gasteiger partial charge in [0.05, 0.1) is 12.2 Å². The Morgan fingerprint density at radius 1 is 1.20 bits per heavy atom. The van der Waals surface area contributed by atoms with Crippen LogP contribution in [0.2, 0.25) is 0 Å². The molecule has 20 heavy (non-hydrogen) atoms. The second kappa shape index (κ2) is 6.75. The van der Waals surface area contributed by atoms with Crippen molar-refractivity contribution in [1.29, 1.82) is 0 Å². The number of rotatable bonds is 7. The lowest BCUT2D eigenvalue weighted by Crippen LogP contribution is -2.19. The highest BCUT2D eigenvalue weighted by molar-refractivity contribution is 5.16. The lowest BCUT2D eigenvalue weighted by atomic mass is 10.1. The molecule has 2 heterocycles. The Hall–Kier alpha value is -1.55. The van der Waals surface area contributed by atoms with Crippen LogP contribution >= 0.6 is 0 Å². The molecular formula is C16H26N4. The Morgan fingerprint density at radius 3 is 2.60 bits per heavy atom. The minimum absolute atomic E-state index is 0.419. The van der Waals surface area contributed by atoms with Crippen molar-refractivity contribution in [2.45, 2.75) is 52.7 Å². The normalized spacial score (nSPS) is 13.1. The zero-order valence-corrected chi connectivity index (χ0v) is 13.0. The second-order valence-electron chi connectivity index (χ2n) is 5.52. The largest absolute Gasteiger partial charge is 0.348 e. The molecule has 2 aromatic heterocycles. The lowest BCUT2D eigenvalue weighted by molar-refractivity contribution is 0.523. The van der Waals surface area contributed by atoms with Gasteiger partial charge in [0, 0.05) is 30.7 Å². The lowest BCUT2D eigenvalue weighted by Gasteiger charge is -2.13. The summed E-state index contributed by atoms with van der Waals surface area (Å²) in [7, 11) is 0. The number of nitrogens with one attached hydrogen (secondary N) is 1. The number of aromatic nitrogens is 3. The standard InChI is InChI=1S/C16H26N4/c1-5-16(17-6-2)14-7-9-19(11-14)12-15-8-10-20(18-15)13(3)4/h7-11,13,16-17H,5-6,12H2,1-4H3. The van der Waals surface area contributed by atoms with Crippen LogP contribution in [-0.4, -0.2) is 20.9 Å². The van der Waals surface area contributed by atoms with Gasteiger partial charge in [-0.2, -0.15) is 5.10 Å². The smallest absolute Gasteiger partial charge is 0.0821 e. The van der Waals surface area contributed by atoms with Crippen LogP contribution in [0.5, 0.6) is 0 Å². The van der Waals surface area contributed by atoms with E-state index in [0.717, 1.165) is 25.2 Å². The van der Waals surface area contributed by atoms with E-state index in [1.54, 1.807) is 0 Å². The van der Waals surface area contributed by atoms with Gasteiger partial charge in [-0.1, -0.05) is 13.8 Å². The van der Waals surface area contributed by atoms with Crippen molar-refractivity contribution in [3.8, 4) is 0 Å². The van der Waals surface area contributed by atoms with Crippen molar-refractivity contribution < 1.29 is 0 Å². The molecule has 4 nitrogen and oxygen atoms in total. The van der Waals surface area contributed by atoms with Crippen molar-refractivity contribution in [3.05, 3.63) is 42.0 Å². The van der Waals surface area contributed by atoms with Gasteiger partial charge in [0.15, 0.2) is 0 Å². The molecule has 0 saturated heterocycles. The summed E-state index contributed by atoms with van der Waals surface area (Å²) in [6.07, 6.45) is 7.53. The van der Waals surface area contributed by atoms with Gasteiger partial charge < -0.3 is 9.88 Å². The van der Waals surface area contributed by atoms with Crippen LogP contribution in [-0.2, 0) is 6.54 Å². The Balaban J connectivity index is 2.04. The van der Waals surface area contributed by atoms with Crippen LogP contribution in [0.25, 0.3) is 0 Å². The number of hydrogen-bond acceptors (Lipinski definition) is 2. The molecule has 1 atom stereocenters. The molecule has 0 saturated carbocycles. The third-order valence-electron chi connectivity index (χ3n) is 3.57. The van der Waals surface area contributed by atoms with Gasteiger partial charge >= 0.3 is 0 Å². The van der Waals surface area contributed by atoms with E-state index in [9.17, 15) is 0 Å². The topological polar surface area (TPSA) is 34.8 Å². The molecule has 2 aromatic rings. The summed E-state index contributed by atoms with van der Waals surface area (Å²) in [4.78, 5) is 0. The fourth-order valence-corrected chi connectivity index (χ4v) is 2.44. The van der Waals surface area contributed by atoms with Crippen LogP contribution in [0.4, 0.5) is 0 Å². The molecule has 1 N–H and O–H groups in total. The van der Waals surface area contributed by atoms with E-state index in [-0.39, 0.29) is 0 Å². The van der Waals surface area contributed by atoms with Crippen LogP contribution < -0.4 is 5.32 Å². The summed E-state index contributed by atoms with van der Waals surface area (Å²) in [5.41, 5.74) is 2.47. The summed E-state index contributed by atoms with van der Waals surface area (Å²) in [5, 5.41) is 8.11. The van der Waals surface area contributed by atoms with Crippen molar-refractivity contribution in [2.75, 3.05) is 6.54 Å². The average Bonchev–Trinajstić information content (AvgIpc) is 3.06. The first kappa shape index (κ1) is 14.9. The van der Waals surface area contributed by atoms with Gasteiger partial charge in [-0.25, -0.2) is 0 Å². The molecule has 110 valence electrons. The zero-order chi connectivity index (χ0) is 14.5. The quantitative estimate of drug-likeness (QED) is 0.840. The van der Waals surface area contributed by atoms with E-state index in [1.807, 2.05) is 4.68 Å². The van der Waals surface area contributed by atoms with Crippen LogP contribution in [0.1, 0.15) is 57.5 Å². The summed E-state index contributed by atoms with van der Waals surface area (Å²) >= 11 is 0. The third kappa shape index (κ3) is 3.51. The van der Waals surface area contributed by atoms with Crippen molar-refractivity contribution in [1.82, 2.24) is 19.7 Å². The zero-order valence-electron chi connectivity index (χ0n) is 13.0. The van der Waals surface area contributed by atoms with Crippen molar-refractivity contribution >= 4 is 0 Å². The minimum Gasteiger partial charge on any atom is -0.348 e. The van der Waals surface area contributed by atoms with Gasteiger partial charge in [-0.15, -0.1) is 0 Å². The van der Waals surface area contributed by atoms with E-state index >= 15 is 0 Å². The Morgan fingerprint density at radius 2 is 2.00 bits per heavy atom. The highest BCUT2D eigenvalue weighted by Crippen LogP contribution is 2.17. The number of nitrogens with zero attached hydrogens (tertiary/aromatic N) is 3. The third-order valence-corrected chi connectivity index (χ3v) is 3.57. The molecule has 0 aliphatic rings. The van der Waals surface area contributed by atoms with Gasteiger partial charge in [-0.05, 0) is 44.5 Å². The minimum atomic E-state index is 0.419. The van der Waals surface area contributed by atoms with E-state index in [2.05, 4.69) is 73.4 Å². The van der Waals surface area contributed by atoms with Gasteiger partial charge in [0.1, 0.15) is 0 Å². The van der Waals surface area contributed by atoms with Crippen LogP contribution in [0.3, 0.4) is 0 Å². The van der Waals surface area contributed by atoms with E-state index in [0.29, 0.717) is 12.1 Å². The maximum absolute atomic E-state index is 4.60. The molecule has 0 spiro atoms. The monoisotopic (exact) mass is 274 g/mol. The SMILES string of the molecule is CCNC(CC)c1ccn(Cc2ccn(C(C)C)n2)c1. The molecule has 2 rings (SSSR count). The molecule has 0 radical (unpaired) electrons. The average molecular weight is 274 g/mol. The highest BCUT2D eigenvalue weighted by Gasteiger charge is 2.09. The summed E-state index contributed by atoms with van der Waals surface area (Å²) in [6.45, 7) is 10.5. The van der Waals surface area contributed by atoms with Gasteiger partial charge in [-0.3, -0.25) is 4.68 Å². The summed E-state index contributed by atoms with van der Waals surface area (Å²) < 4.78 is 4.22. The highest BCUT2D eigenvalue weighted by atomic mass is 15.3. The maximum atomic E-state index is 4.60. The predicted octanol–water partition coefficient (Wildman–Crippen LogP) is 3.37. The molecule has 1 unspecified atom stereocenters. The van der Waals surface area contributed by atoms with E-state index < -0.39 is 0 Å². The Labute approximate surface area is 121 Å². The Kier molecular flexibility index (Phi) is 5.01. The van der Waals surface area contributed by atoms with Crippen LogP contribution in [0.15, 0.2) is 30.7 Å².